The molecule has 0 amide bonds. The lowest BCUT2D eigenvalue weighted by Crippen LogP contribution is -2.19. The lowest BCUT2D eigenvalue weighted by Gasteiger charge is -2.24. The molecule has 2 atom stereocenters. The van der Waals surface area contributed by atoms with E-state index in [9.17, 15) is 10.2 Å². The highest BCUT2D eigenvalue weighted by atomic mass is 35.5. The number of hydrogen-bond acceptors (Lipinski definition) is 11. The van der Waals surface area contributed by atoms with E-state index < -0.39 is 11.8 Å². The highest BCUT2D eigenvalue weighted by molar-refractivity contribution is 6.33. The normalized spacial score (nSPS) is 12.4. The number of ketones is 1. The van der Waals surface area contributed by atoms with E-state index in [4.69, 9.17) is 42.6 Å². The molecular formula is C57H58Cl2N6O5. The van der Waals surface area contributed by atoms with E-state index in [2.05, 4.69) is 97.2 Å². The Labute approximate surface area is 419 Å². The van der Waals surface area contributed by atoms with Crippen LogP contribution in [0.1, 0.15) is 47.9 Å². The average molecular weight is 978 g/mol. The predicted octanol–water partition coefficient (Wildman–Crippen LogP) is 13.0. The minimum atomic E-state index is -0.641. The lowest BCUT2D eigenvalue weighted by molar-refractivity contribution is -0.121. The third-order valence-electron chi connectivity index (χ3n) is 12.9. The Kier molecular flexibility index (Phi) is 15.1. The second-order valence-electron chi connectivity index (χ2n) is 18.3. The maximum atomic E-state index is 15.3. The Hall–Kier alpha value is -6.89. The van der Waals surface area contributed by atoms with Crippen molar-refractivity contribution in [3.05, 3.63) is 154 Å². The number of Topliss-reactive ketones (excluding diaryl/α,β-unsaturated/α-hetero) is 1. The number of aromatic nitrogens is 2. The van der Waals surface area contributed by atoms with Gasteiger partial charge in [0.05, 0.1) is 46.7 Å². The van der Waals surface area contributed by atoms with Crippen molar-refractivity contribution < 1.29 is 24.5 Å². The third-order valence-corrected chi connectivity index (χ3v) is 13.5. The van der Waals surface area contributed by atoms with Crippen molar-refractivity contribution in [2.24, 2.45) is 0 Å². The van der Waals surface area contributed by atoms with E-state index in [0.717, 1.165) is 104 Å². The number of anilines is 4. The first-order chi connectivity index (χ1) is 33.6. The summed E-state index contributed by atoms with van der Waals surface area (Å²) in [5.74, 6) is -1.07. The molecule has 2 aromatic heterocycles. The Morgan fingerprint density at radius 2 is 0.957 bits per heavy atom. The molecule has 360 valence electrons. The van der Waals surface area contributed by atoms with Gasteiger partial charge in [0.2, 0.25) is 0 Å². The fraction of sp³-hybridized carbons (Fsp3) is 0.246. The van der Waals surface area contributed by atoms with Crippen LogP contribution in [0.5, 0.6) is 23.0 Å². The fourth-order valence-electron chi connectivity index (χ4n) is 8.69. The van der Waals surface area contributed by atoms with Crippen molar-refractivity contribution in [2.45, 2.75) is 38.5 Å². The standard InChI is InChI=1S/C57H58Cl2N6O5/c1-33(45-31-60-49-19-13-37(39-27-47(58)56(67)51(29-39)69-7)25-43(49)53(45)62-41-15-9-35(10-16-41)21-23-64(3)4)55(66)34(2)46-32-61-50-20-14-38(40-28-48(59)57(68)52(30-40)70-8)26-44(50)54(46)63-42-17-11-36(12-18-42)22-24-65(5)6/h9-20,25-34,67-68H,21-24H2,1-8H3,(H,60,62)(H,61,63). The molecule has 0 aliphatic heterocycles. The summed E-state index contributed by atoms with van der Waals surface area (Å²) in [7, 11) is 11.2. The van der Waals surface area contributed by atoms with E-state index >= 15 is 4.79 Å². The molecule has 0 radical (unpaired) electrons. The second-order valence-corrected chi connectivity index (χ2v) is 19.1. The number of pyridine rings is 2. The number of phenolic OH excluding ortho intramolecular Hbond substituents is 2. The van der Waals surface area contributed by atoms with E-state index in [-0.39, 0.29) is 38.8 Å². The molecule has 2 unspecified atom stereocenters. The molecule has 8 rings (SSSR count). The number of carbonyl (C=O) groups excluding carboxylic acids is 1. The largest absolute Gasteiger partial charge is 0.503 e. The van der Waals surface area contributed by atoms with Crippen LogP contribution in [0, 0.1) is 0 Å². The molecule has 0 spiro atoms. The Balaban J connectivity index is 1.23. The van der Waals surface area contributed by atoms with Crippen LogP contribution in [0.4, 0.5) is 22.7 Å². The fourth-order valence-corrected chi connectivity index (χ4v) is 9.11. The van der Waals surface area contributed by atoms with Crippen LogP contribution in [0.15, 0.2) is 122 Å². The molecule has 0 saturated heterocycles. The van der Waals surface area contributed by atoms with Crippen molar-refractivity contribution in [1.29, 1.82) is 0 Å². The van der Waals surface area contributed by atoms with Gasteiger partial charge >= 0.3 is 0 Å². The van der Waals surface area contributed by atoms with E-state index in [1.54, 1.807) is 36.7 Å². The zero-order chi connectivity index (χ0) is 49.8. The van der Waals surface area contributed by atoms with E-state index in [1.807, 2.05) is 50.2 Å². The van der Waals surface area contributed by atoms with Crippen molar-refractivity contribution >= 4 is 73.5 Å². The van der Waals surface area contributed by atoms with Crippen LogP contribution in [0.25, 0.3) is 44.1 Å². The highest BCUT2D eigenvalue weighted by Crippen LogP contribution is 2.44. The van der Waals surface area contributed by atoms with Crippen LogP contribution < -0.4 is 20.1 Å². The van der Waals surface area contributed by atoms with Crippen LogP contribution >= 0.6 is 23.2 Å². The van der Waals surface area contributed by atoms with Gasteiger partial charge in [0, 0.05) is 70.6 Å². The quantitative estimate of drug-likeness (QED) is 0.0655. The Morgan fingerprint density at radius 1 is 0.571 bits per heavy atom. The zero-order valence-corrected chi connectivity index (χ0v) is 42.2. The molecule has 11 nitrogen and oxygen atoms in total. The first-order valence-electron chi connectivity index (χ1n) is 23.2. The van der Waals surface area contributed by atoms with Crippen molar-refractivity contribution in [3.63, 3.8) is 0 Å². The van der Waals surface area contributed by atoms with Gasteiger partial charge in [-0.15, -0.1) is 0 Å². The van der Waals surface area contributed by atoms with Gasteiger partial charge in [-0.25, -0.2) is 0 Å². The predicted molar refractivity (Wildman–Crippen MR) is 287 cm³/mol. The second kappa shape index (κ2) is 21.4. The third kappa shape index (κ3) is 10.8. The van der Waals surface area contributed by atoms with Gasteiger partial charge in [-0.1, -0.05) is 73.4 Å². The van der Waals surface area contributed by atoms with E-state index in [1.165, 1.54) is 25.3 Å². The van der Waals surface area contributed by atoms with Crippen LogP contribution in [0.2, 0.25) is 10.0 Å². The van der Waals surface area contributed by atoms with Gasteiger partial charge < -0.3 is 40.1 Å². The first-order valence-corrected chi connectivity index (χ1v) is 23.9. The molecule has 0 aliphatic rings. The number of likely N-dealkylation sites (N-methyl/N-ethyl adjacent to an activating group) is 2. The molecule has 13 heteroatoms. The summed E-state index contributed by atoms with van der Waals surface area (Å²) in [5, 5.41) is 30.4. The number of carbonyl (C=O) groups is 1. The molecule has 2 heterocycles. The van der Waals surface area contributed by atoms with Gasteiger partial charge in [0.25, 0.3) is 0 Å². The summed E-state index contributed by atoms with van der Waals surface area (Å²) in [6.07, 6.45) is 5.41. The summed E-state index contributed by atoms with van der Waals surface area (Å²) in [6, 6.07) is 35.5. The molecular weight excluding hydrogens is 920 g/mol. The minimum Gasteiger partial charge on any atom is -0.503 e. The summed E-state index contributed by atoms with van der Waals surface area (Å²) < 4.78 is 10.9. The number of halogens is 2. The number of ether oxygens (including phenoxy) is 2. The minimum absolute atomic E-state index is 0.0381. The van der Waals surface area contributed by atoms with E-state index in [0.29, 0.717) is 0 Å². The van der Waals surface area contributed by atoms with Crippen molar-refractivity contribution in [3.8, 4) is 45.3 Å². The van der Waals surface area contributed by atoms with Crippen LogP contribution in [-0.4, -0.2) is 91.3 Å². The number of nitrogens with one attached hydrogen (secondary N) is 2. The molecule has 70 heavy (non-hydrogen) atoms. The van der Waals surface area contributed by atoms with Gasteiger partial charge in [-0.2, -0.15) is 0 Å². The molecule has 0 saturated carbocycles. The molecule has 4 N–H and O–H groups in total. The monoisotopic (exact) mass is 976 g/mol. The summed E-state index contributed by atoms with van der Waals surface area (Å²) in [4.78, 5) is 29.5. The van der Waals surface area contributed by atoms with Crippen molar-refractivity contribution in [2.75, 3.05) is 66.1 Å². The maximum Gasteiger partial charge on any atom is 0.176 e. The number of methoxy groups -OCH3 is 2. The van der Waals surface area contributed by atoms with Crippen LogP contribution in [0.3, 0.4) is 0 Å². The number of nitrogens with zero attached hydrogens (tertiary/aromatic N) is 4. The topological polar surface area (TPSA) is 132 Å². The number of hydrogen-bond donors (Lipinski definition) is 4. The number of phenols is 2. The zero-order valence-electron chi connectivity index (χ0n) is 40.7. The molecule has 6 aromatic carbocycles. The summed E-state index contributed by atoms with van der Waals surface area (Å²) >= 11 is 13.0. The van der Waals surface area contributed by atoms with Crippen molar-refractivity contribution in [1.82, 2.24) is 19.8 Å². The van der Waals surface area contributed by atoms with Gasteiger partial charge in [-0.05, 0) is 147 Å². The molecule has 0 aliphatic carbocycles. The Morgan fingerprint density at radius 3 is 1.31 bits per heavy atom. The first kappa shape index (κ1) is 49.5. The van der Waals surface area contributed by atoms with Crippen LogP contribution in [-0.2, 0) is 17.6 Å². The summed E-state index contributed by atoms with van der Waals surface area (Å²) in [5.41, 5.74) is 11.6. The molecule has 0 fully saturated rings. The van der Waals surface area contributed by atoms with Gasteiger partial charge in [-0.3, -0.25) is 14.8 Å². The summed E-state index contributed by atoms with van der Waals surface area (Å²) in [6.45, 7) is 5.71. The lowest BCUT2D eigenvalue weighted by atomic mass is 9.84. The van der Waals surface area contributed by atoms with Gasteiger partial charge in [0.15, 0.2) is 23.0 Å². The molecule has 0 bridgehead atoms. The van der Waals surface area contributed by atoms with Gasteiger partial charge in [0.1, 0.15) is 5.78 Å². The average Bonchev–Trinajstić information content (AvgIpc) is 3.36. The molecule has 8 aromatic rings. The SMILES string of the molecule is COc1cc(-c2ccc3ncc(C(C)C(=O)C(C)c4cnc5ccc(-c6cc(Cl)c(O)c(OC)c6)cc5c4Nc4ccc(CCN(C)C)cc4)c(Nc4ccc(CCN(C)C)cc4)c3c2)cc(Cl)c1O. The number of fused-ring (bicyclic) bond motifs is 2. The maximum absolute atomic E-state index is 15.3. The number of rotatable bonds is 18. The Bertz CT molecular complexity index is 2990. The smallest absolute Gasteiger partial charge is 0.176 e. The number of benzene rings is 6. The number of aromatic hydroxyl groups is 2. The highest BCUT2D eigenvalue weighted by Gasteiger charge is 2.29.